The Bertz CT molecular complexity index is 1090. The molecule has 0 bridgehead atoms. The number of nitrogens with one attached hydrogen (secondary N) is 2. The van der Waals surface area contributed by atoms with Crippen LogP contribution in [-0.4, -0.2) is 30.3 Å². The van der Waals surface area contributed by atoms with Crippen molar-refractivity contribution in [2.75, 3.05) is 5.32 Å². The Morgan fingerprint density at radius 2 is 1.81 bits per heavy atom. The molecular weight excluding hydrogens is 352 g/mol. The average molecular weight is 368 g/mol. The van der Waals surface area contributed by atoms with Gasteiger partial charge in [0.1, 0.15) is 5.69 Å². The molecule has 1 amide bonds. The third kappa shape index (κ3) is 3.56. The van der Waals surface area contributed by atoms with Gasteiger partial charge in [0.15, 0.2) is 0 Å². The Labute approximate surface area is 150 Å². The number of rotatable bonds is 5. The molecule has 0 aliphatic heterocycles. The van der Waals surface area contributed by atoms with Crippen molar-refractivity contribution in [3.8, 4) is 0 Å². The lowest BCUT2D eigenvalue weighted by Gasteiger charge is -2.09. The van der Waals surface area contributed by atoms with Crippen LogP contribution in [0.1, 0.15) is 23.3 Å². The molecule has 132 valence electrons. The zero-order chi connectivity index (χ0) is 18.1. The molecule has 0 saturated heterocycles. The summed E-state index contributed by atoms with van der Waals surface area (Å²) in [7, 11) is -3.58. The first kappa shape index (κ1) is 16.6. The van der Waals surface area contributed by atoms with E-state index in [1.54, 1.807) is 18.2 Å². The van der Waals surface area contributed by atoms with Crippen molar-refractivity contribution >= 4 is 32.7 Å². The summed E-state index contributed by atoms with van der Waals surface area (Å²) >= 11 is 0. The molecule has 0 radical (unpaired) electrons. The van der Waals surface area contributed by atoms with Gasteiger partial charge in [-0.05, 0) is 43.2 Å². The van der Waals surface area contributed by atoms with Crippen LogP contribution in [0.2, 0.25) is 0 Å². The molecule has 1 aliphatic rings. The number of para-hydroxylation sites is 2. The van der Waals surface area contributed by atoms with Crippen LogP contribution in [0.4, 0.5) is 5.69 Å². The van der Waals surface area contributed by atoms with Gasteiger partial charge in [-0.25, -0.2) is 18.1 Å². The van der Waals surface area contributed by atoms with Gasteiger partial charge in [-0.3, -0.25) is 9.78 Å². The molecule has 1 aromatic heterocycles. The van der Waals surface area contributed by atoms with Crippen LogP contribution in [0.3, 0.4) is 0 Å². The lowest BCUT2D eigenvalue weighted by atomic mass is 10.3. The number of nitrogens with zero attached hydrogens (tertiary/aromatic N) is 2. The molecule has 26 heavy (non-hydrogen) atoms. The topological polar surface area (TPSA) is 101 Å². The number of amides is 1. The SMILES string of the molecule is O=C(Nc1cccc(S(=O)(=O)NC2CC2)c1)c1cnc2ccccc2n1. The summed E-state index contributed by atoms with van der Waals surface area (Å²) in [6.45, 7) is 0. The van der Waals surface area contributed by atoms with Crippen molar-refractivity contribution in [1.29, 1.82) is 0 Å². The minimum Gasteiger partial charge on any atom is -0.321 e. The van der Waals surface area contributed by atoms with Crippen LogP contribution < -0.4 is 10.0 Å². The van der Waals surface area contributed by atoms with Crippen LogP contribution in [0.25, 0.3) is 11.0 Å². The highest BCUT2D eigenvalue weighted by Gasteiger charge is 2.28. The molecule has 8 heteroatoms. The standard InChI is InChI=1S/C18H16N4O3S/c23-18(17-11-19-15-6-1-2-7-16(15)21-17)20-13-4-3-5-14(10-13)26(24,25)22-12-8-9-12/h1-7,10-12,22H,8-9H2,(H,20,23). The summed E-state index contributed by atoms with van der Waals surface area (Å²) in [5, 5.41) is 2.67. The molecule has 2 aromatic carbocycles. The number of aromatic nitrogens is 2. The van der Waals surface area contributed by atoms with E-state index in [9.17, 15) is 13.2 Å². The second kappa shape index (κ2) is 6.47. The van der Waals surface area contributed by atoms with E-state index in [0.717, 1.165) is 12.8 Å². The van der Waals surface area contributed by atoms with Gasteiger partial charge in [0, 0.05) is 11.7 Å². The smallest absolute Gasteiger partial charge is 0.275 e. The predicted octanol–water partition coefficient (Wildman–Crippen LogP) is 2.32. The highest BCUT2D eigenvalue weighted by atomic mass is 32.2. The Morgan fingerprint density at radius 1 is 1.04 bits per heavy atom. The number of hydrogen-bond donors (Lipinski definition) is 2. The zero-order valence-corrected chi connectivity index (χ0v) is 14.5. The summed E-state index contributed by atoms with van der Waals surface area (Å²) in [6, 6.07) is 13.4. The maximum atomic E-state index is 12.4. The normalized spacial score (nSPS) is 14.3. The lowest BCUT2D eigenvalue weighted by molar-refractivity contribution is 0.102. The van der Waals surface area contributed by atoms with Gasteiger partial charge >= 0.3 is 0 Å². The molecule has 2 N–H and O–H groups in total. The second-order valence-electron chi connectivity index (χ2n) is 6.12. The molecule has 7 nitrogen and oxygen atoms in total. The zero-order valence-electron chi connectivity index (χ0n) is 13.7. The summed E-state index contributed by atoms with van der Waals surface area (Å²) in [4.78, 5) is 21.0. The maximum absolute atomic E-state index is 12.4. The number of benzene rings is 2. The summed E-state index contributed by atoms with van der Waals surface area (Å²) in [5.74, 6) is -0.451. The first-order valence-electron chi connectivity index (χ1n) is 8.17. The fourth-order valence-electron chi connectivity index (χ4n) is 2.49. The third-order valence-corrected chi connectivity index (χ3v) is 5.50. The van der Waals surface area contributed by atoms with Crippen LogP contribution in [-0.2, 0) is 10.0 Å². The molecular formula is C18H16N4O3S. The third-order valence-electron chi connectivity index (χ3n) is 3.98. The summed E-state index contributed by atoms with van der Waals surface area (Å²) in [5.41, 5.74) is 1.85. The van der Waals surface area contributed by atoms with Gasteiger partial charge in [0.05, 0.1) is 22.1 Å². The van der Waals surface area contributed by atoms with E-state index in [2.05, 4.69) is 20.0 Å². The van der Waals surface area contributed by atoms with Crippen molar-refractivity contribution in [3.05, 3.63) is 60.4 Å². The highest BCUT2D eigenvalue weighted by Crippen LogP contribution is 2.23. The van der Waals surface area contributed by atoms with Gasteiger partial charge in [-0.1, -0.05) is 18.2 Å². The number of hydrogen-bond acceptors (Lipinski definition) is 5. The Hall–Kier alpha value is -2.84. The van der Waals surface area contributed by atoms with Crippen LogP contribution >= 0.6 is 0 Å². The quantitative estimate of drug-likeness (QED) is 0.720. The number of carbonyl (C=O) groups is 1. The predicted molar refractivity (Wildman–Crippen MR) is 97.3 cm³/mol. The Morgan fingerprint density at radius 3 is 2.58 bits per heavy atom. The van der Waals surface area contributed by atoms with E-state index in [4.69, 9.17) is 0 Å². The van der Waals surface area contributed by atoms with Crippen molar-refractivity contribution in [1.82, 2.24) is 14.7 Å². The van der Waals surface area contributed by atoms with Gasteiger partial charge in [0.25, 0.3) is 5.91 Å². The molecule has 1 aliphatic carbocycles. The molecule has 0 atom stereocenters. The monoisotopic (exact) mass is 368 g/mol. The minimum absolute atomic E-state index is 0.0196. The van der Waals surface area contributed by atoms with Crippen LogP contribution in [0.15, 0.2) is 59.6 Å². The van der Waals surface area contributed by atoms with Gasteiger partial charge in [-0.15, -0.1) is 0 Å². The Balaban J connectivity index is 1.56. The summed E-state index contributed by atoms with van der Waals surface area (Å²) in [6.07, 6.45) is 3.11. The lowest BCUT2D eigenvalue weighted by Crippen LogP contribution is -2.25. The van der Waals surface area contributed by atoms with E-state index in [0.29, 0.717) is 16.7 Å². The van der Waals surface area contributed by atoms with Crippen LogP contribution in [0, 0.1) is 0 Å². The van der Waals surface area contributed by atoms with E-state index in [1.165, 1.54) is 18.3 Å². The van der Waals surface area contributed by atoms with Crippen molar-refractivity contribution in [2.24, 2.45) is 0 Å². The van der Waals surface area contributed by atoms with Gasteiger partial charge in [-0.2, -0.15) is 0 Å². The Kier molecular flexibility index (Phi) is 4.14. The van der Waals surface area contributed by atoms with E-state index >= 15 is 0 Å². The van der Waals surface area contributed by atoms with Gasteiger partial charge < -0.3 is 5.32 Å². The fourth-order valence-corrected chi connectivity index (χ4v) is 3.84. The number of fused-ring (bicyclic) bond motifs is 1. The maximum Gasteiger partial charge on any atom is 0.275 e. The molecule has 0 spiro atoms. The largest absolute Gasteiger partial charge is 0.321 e. The highest BCUT2D eigenvalue weighted by molar-refractivity contribution is 7.89. The molecule has 4 rings (SSSR count). The first-order valence-corrected chi connectivity index (χ1v) is 9.65. The summed E-state index contributed by atoms with van der Waals surface area (Å²) < 4.78 is 27.2. The molecule has 1 saturated carbocycles. The van der Waals surface area contributed by atoms with Crippen molar-refractivity contribution < 1.29 is 13.2 Å². The molecule has 3 aromatic rings. The van der Waals surface area contributed by atoms with E-state index < -0.39 is 15.9 Å². The second-order valence-corrected chi connectivity index (χ2v) is 7.84. The average Bonchev–Trinajstić information content (AvgIpc) is 3.45. The number of sulfonamides is 1. The van der Waals surface area contributed by atoms with Crippen LogP contribution in [0.5, 0.6) is 0 Å². The minimum atomic E-state index is -3.58. The number of carbonyl (C=O) groups excluding carboxylic acids is 1. The van der Waals surface area contributed by atoms with Crippen molar-refractivity contribution in [3.63, 3.8) is 0 Å². The number of anilines is 1. The van der Waals surface area contributed by atoms with E-state index in [-0.39, 0.29) is 16.6 Å². The van der Waals surface area contributed by atoms with E-state index in [1.807, 2.05) is 18.2 Å². The molecule has 1 fully saturated rings. The molecule has 0 unspecified atom stereocenters. The first-order chi connectivity index (χ1) is 12.5. The van der Waals surface area contributed by atoms with Gasteiger partial charge in [0.2, 0.25) is 10.0 Å². The fraction of sp³-hybridized carbons (Fsp3) is 0.167. The van der Waals surface area contributed by atoms with Crippen molar-refractivity contribution in [2.45, 2.75) is 23.8 Å². The molecule has 1 heterocycles.